The van der Waals surface area contributed by atoms with Crippen LogP contribution in [0.3, 0.4) is 0 Å². The lowest BCUT2D eigenvalue weighted by Gasteiger charge is -2.40. The van der Waals surface area contributed by atoms with Crippen LogP contribution in [0.15, 0.2) is 18.2 Å². The van der Waals surface area contributed by atoms with Crippen LogP contribution in [0, 0.1) is 5.82 Å². The molecule has 0 aliphatic carbocycles. The summed E-state index contributed by atoms with van der Waals surface area (Å²) < 4.78 is 78.0. The number of hydrogen-bond acceptors (Lipinski definition) is 6. The van der Waals surface area contributed by atoms with Crippen molar-refractivity contribution < 1.29 is 30.2 Å². The summed E-state index contributed by atoms with van der Waals surface area (Å²) in [4.78, 5) is 2.25. The Labute approximate surface area is 159 Å². The first-order chi connectivity index (χ1) is 12.9. The zero-order valence-electron chi connectivity index (χ0n) is 15.4. The Morgan fingerprint density at radius 2 is 1.71 bits per heavy atom. The first-order valence-corrected chi connectivity index (χ1v) is 9.99. The van der Waals surface area contributed by atoms with E-state index in [1.807, 2.05) is 7.05 Å². The van der Waals surface area contributed by atoms with Crippen LogP contribution in [0.5, 0.6) is 5.75 Å². The predicted molar refractivity (Wildman–Crippen MR) is 93.8 cm³/mol. The Morgan fingerprint density at radius 1 is 1.11 bits per heavy atom. The van der Waals surface area contributed by atoms with E-state index in [2.05, 4.69) is 33.1 Å². The second kappa shape index (κ2) is 7.11. The molecule has 28 heavy (non-hydrogen) atoms. The number of halogens is 4. The zero-order chi connectivity index (χ0) is 20.9. The predicted octanol–water partition coefficient (Wildman–Crippen LogP) is 3.58. The number of nitrogens with zero attached hydrogens (tertiary/aromatic N) is 3. The summed E-state index contributed by atoms with van der Waals surface area (Å²) in [6.45, 7) is 4.17. The van der Waals surface area contributed by atoms with Crippen molar-refractivity contribution in [3.63, 3.8) is 0 Å². The highest BCUT2D eigenvalue weighted by molar-refractivity contribution is 7.88. The molecule has 2 heterocycles. The number of hydrogen-bond donors (Lipinski definition) is 0. The molecule has 2 aromatic rings. The minimum absolute atomic E-state index is 0.0426. The van der Waals surface area contributed by atoms with E-state index in [0.29, 0.717) is 23.8 Å². The third-order valence-corrected chi connectivity index (χ3v) is 6.17. The lowest BCUT2D eigenvalue weighted by atomic mass is 9.85. The van der Waals surface area contributed by atoms with Gasteiger partial charge in [0.05, 0.1) is 11.2 Å². The molecular formula is C17H19F4N3O3S. The van der Waals surface area contributed by atoms with Gasteiger partial charge in [0.15, 0.2) is 0 Å². The van der Waals surface area contributed by atoms with Gasteiger partial charge < -0.3 is 9.08 Å². The van der Waals surface area contributed by atoms with E-state index in [-0.39, 0.29) is 16.8 Å². The van der Waals surface area contributed by atoms with Crippen LogP contribution < -0.4 is 4.18 Å². The van der Waals surface area contributed by atoms with Gasteiger partial charge in [-0.25, -0.2) is 4.39 Å². The van der Waals surface area contributed by atoms with Crippen LogP contribution >= 0.6 is 0 Å². The van der Waals surface area contributed by atoms with Gasteiger partial charge in [-0.1, -0.05) is 0 Å². The molecule has 11 heteroatoms. The van der Waals surface area contributed by atoms with E-state index in [1.165, 1.54) is 6.07 Å². The molecule has 1 fully saturated rings. The summed E-state index contributed by atoms with van der Waals surface area (Å²) in [5.41, 5.74) is -5.12. The van der Waals surface area contributed by atoms with Crippen LogP contribution in [0.4, 0.5) is 17.6 Å². The van der Waals surface area contributed by atoms with E-state index in [1.54, 1.807) is 0 Å². The Kier molecular flexibility index (Phi) is 5.26. The molecule has 0 radical (unpaired) electrons. The second-order valence-corrected chi connectivity index (χ2v) is 8.66. The lowest BCUT2D eigenvalue weighted by molar-refractivity contribution is -0.0500. The smallest absolute Gasteiger partial charge is 0.376 e. The van der Waals surface area contributed by atoms with E-state index < -0.39 is 27.2 Å². The summed E-state index contributed by atoms with van der Waals surface area (Å²) in [6, 6.07) is 3.63. The number of alkyl halides is 3. The topological polar surface area (TPSA) is 72.4 Å². The van der Waals surface area contributed by atoms with Gasteiger partial charge in [-0.05, 0) is 39.8 Å². The van der Waals surface area contributed by atoms with Crippen molar-refractivity contribution in [1.29, 1.82) is 0 Å². The van der Waals surface area contributed by atoms with Gasteiger partial charge in [-0.15, -0.1) is 0 Å². The normalized spacial score (nSPS) is 24.5. The first-order valence-electron chi connectivity index (χ1n) is 8.58. The fraction of sp³-hybridized carbons (Fsp3) is 0.529. The van der Waals surface area contributed by atoms with E-state index in [9.17, 15) is 26.0 Å². The van der Waals surface area contributed by atoms with Gasteiger partial charge in [-0.2, -0.15) is 31.8 Å². The highest BCUT2D eigenvalue weighted by Gasteiger charge is 2.48. The summed E-state index contributed by atoms with van der Waals surface area (Å²) in [6.07, 6.45) is 1.63. The van der Waals surface area contributed by atoms with Crippen molar-refractivity contribution in [2.75, 3.05) is 7.05 Å². The maximum absolute atomic E-state index is 14.4. The van der Waals surface area contributed by atoms with Crippen molar-refractivity contribution in [3.05, 3.63) is 29.7 Å². The first kappa shape index (κ1) is 20.7. The Balaban J connectivity index is 1.93. The highest BCUT2D eigenvalue weighted by Crippen LogP contribution is 2.35. The van der Waals surface area contributed by atoms with Crippen LogP contribution in [0.1, 0.15) is 38.3 Å². The quantitative estimate of drug-likeness (QED) is 0.429. The van der Waals surface area contributed by atoms with Gasteiger partial charge in [-0.3, -0.25) is 0 Å². The van der Waals surface area contributed by atoms with Crippen molar-refractivity contribution in [1.82, 2.24) is 15.1 Å². The van der Waals surface area contributed by atoms with Crippen molar-refractivity contribution in [2.24, 2.45) is 0 Å². The third kappa shape index (κ3) is 3.90. The highest BCUT2D eigenvalue weighted by atomic mass is 32.2. The van der Waals surface area contributed by atoms with Gasteiger partial charge in [0.2, 0.25) is 0 Å². The maximum atomic E-state index is 14.4. The molecular weight excluding hydrogens is 402 g/mol. The number of aromatic nitrogens is 2. The summed E-state index contributed by atoms with van der Waals surface area (Å²) >= 11 is 0. The molecule has 6 nitrogen and oxygen atoms in total. The number of fused-ring (bicyclic) bond motifs is 1. The molecule has 3 atom stereocenters. The van der Waals surface area contributed by atoms with Gasteiger partial charge in [0.25, 0.3) is 0 Å². The van der Waals surface area contributed by atoms with Crippen LogP contribution in [0.25, 0.3) is 10.9 Å². The molecule has 0 bridgehead atoms. The van der Waals surface area contributed by atoms with Crippen molar-refractivity contribution in [3.8, 4) is 5.75 Å². The average Bonchev–Trinajstić information content (AvgIpc) is 2.57. The minimum Gasteiger partial charge on any atom is -0.376 e. The molecule has 1 aromatic heterocycles. The van der Waals surface area contributed by atoms with E-state index in [4.69, 9.17) is 0 Å². The second-order valence-electron chi connectivity index (χ2n) is 7.12. The standard InChI is InChI=1S/C17H19F4N3O3S/c1-9-4-11(5-10(2)24(9)3)15-8-13-14(18)6-12(7-16(13)23-22-15)27-28(25,26)17(19,20)21/h6-11H,4-5H2,1-3H3/t9-,10+,11?. The third-order valence-electron chi connectivity index (χ3n) is 5.20. The summed E-state index contributed by atoms with van der Waals surface area (Å²) in [5, 5.41) is 8.01. The van der Waals surface area contributed by atoms with E-state index in [0.717, 1.165) is 18.9 Å². The molecule has 1 aromatic carbocycles. The van der Waals surface area contributed by atoms with Gasteiger partial charge in [0.1, 0.15) is 11.6 Å². The zero-order valence-corrected chi connectivity index (χ0v) is 16.2. The molecule has 0 spiro atoms. The molecule has 0 N–H and O–H groups in total. The Morgan fingerprint density at radius 3 is 2.29 bits per heavy atom. The Hall–Kier alpha value is -2.01. The fourth-order valence-corrected chi connectivity index (χ4v) is 3.89. The van der Waals surface area contributed by atoms with Crippen molar-refractivity contribution in [2.45, 2.75) is 50.2 Å². The molecule has 0 amide bonds. The Bertz CT molecular complexity index is 985. The molecule has 0 saturated carbocycles. The lowest BCUT2D eigenvalue weighted by Crippen LogP contribution is -2.43. The molecule has 1 aliphatic rings. The summed E-state index contributed by atoms with van der Waals surface area (Å²) in [5.74, 6) is -1.68. The van der Waals surface area contributed by atoms with Gasteiger partial charge >= 0.3 is 15.6 Å². The van der Waals surface area contributed by atoms with Gasteiger partial charge in [0, 0.05) is 35.5 Å². The molecule has 1 unspecified atom stereocenters. The number of piperidine rings is 1. The van der Waals surface area contributed by atoms with Crippen LogP contribution in [0.2, 0.25) is 0 Å². The van der Waals surface area contributed by atoms with E-state index >= 15 is 0 Å². The number of rotatable bonds is 3. The molecule has 154 valence electrons. The minimum atomic E-state index is -5.90. The SMILES string of the molecule is C[C@@H]1CC(c2cc3c(F)cc(OS(=O)(=O)C(F)(F)F)cc3nn2)C[C@H](C)N1C. The number of likely N-dealkylation sites (tertiary alicyclic amines) is 1. The largest absolute Gasteiger partial charge is 0.534 e. The molecule has 1 saturated heterocycles. The summed E-state index contributed by atoms with van der Waals surface area (Å²) in [7, 11) is -3.86. The van der Waals surface area contributed by atoms with Crippen LogP contribution in [-0.4, -0.2) is 48.2 Å². The fourth-order valence-electron chi connectivity index (χ4n) is 3.44. The molecule has 3 rings (SSSR count). The maximum Gasteiger partial charge on any atom is 0.534 e. The monoisotopic (exact) mass is 421 g/mol. The molecule has 1 aliphatic heterocycles. The number of benzene rings is 1. The average molecular weight is 421 g/mol. The van der Waals surface area contributed by atoms with Crippen molar-refractivity contribution >= 4 is 21.0 Å². The van der Waals surface area contributed by atoms with Crippen LogP contribution in [-0.2, 0) is 10.1 Å².